The van der Waals surface area contributed by atoms with E-state index in [9.17, 15) is 0 Å². The zero-order chi connectivity index (χ0) is 15.2. The first-order valence-electron chi connectivity index (χ1n) is 8.10. The molecule has 0 saturated heterocycles. The summed E-state index contributed by atoms with van der Waals surface area (Å²) in [7, 11) is 1.99. The summed E-state index contributed by atoms with van der Waals surface area (Å²) in [5.74, 6) is 1.86. The third-order valence-electron chi connectivity index (χ3n) is 4.27. The SMILES string of the molecule is CCC(CC)CN(CC)c1nc2ccccn2c1CNC. The molecule has 4 nitrogen and oxygen atoms in total. The van der Waals surface area contributed by atoms with Crippen molar-refractivity contribution in [2.24, 2.45) is 5.92 Å². The number of anilines is 1. The molecule has 116 valence electrons. The van der Waals surface area contributed by atoms with Gasteiger partial charge in [0, 0.05) is 25.8 Å². The molecule has 1 N–H and O–H groups in total. The Kier molecular flexibility index (Phi) is 5.62. The van der Waals surface area contributed by atoms with Gasteiger partial charge in [-0.05, 0) is 32.0 Å². The van der Waals surface area contributed by atoms with Crippen molar-refractivity contribution in [1.29, 1.82) is 0 Å². The Balaban J connectivity index is 2.39. The van der Waals surface area contributed by atoms with Crippen molar-refractivity contribution < 1.29 is 0 Å². The van der Waals surface area contributed by atoms with Crippen molar-refractivity contribution in [2.75, 3.05) is 25.0 Å². The first-order chi connectivity index (χ1) is 10.2. The normalized spacial score (nSPS) is 11.5. The average molecular weight is 288 g/mol. The summed E-state index contributed by atoms with van der Waals surface area (Å²) in [5.41, 5.74) is 2.28. The maximum absolute atomic E-state index is 4.87. The van der Waals surface area contributed by atoms with Gasteiger partial charge in [0.15, 0.2) is 5.82 Å². The van der Waals surface area contributed by atoms with E-state index in [2.05, 4.69) is 53.7 Å². The van der Waals surface area contributed by atoms with Crippen LogP contribution in [0.15, 0.2) is 24.4 Å². The van der Waals surface area contributed by atoms with E-state index in [1.54, 1.807) is 0 Å². The minimum atomic E-state index is 0.734. The van der Waals surface area contributed by atoms with E-state index in [0.717, 1.165) is 37.0 Å². The average Bonchev–Trinajstić information content (AvgIpc) is 2.88. The number of nitrogens with zero attached hydrogens (tertiary/aromatic N) is 3. The Morgan fingerprint density at radius 1 is 1.24 bits per heavy atom. The van der Waals surface area contributed by atoms with E-state index in [-0.39, 0.29) is 0 Å². The van der Waals surface area contributed by atoms with Gasteiger partial charge < -0.3 is 14.6 Å². The Morgan fingerprint density at radius 2 is 2.00 bits per heavy atom. The van der Waals surface area contributed by atoms with Gasteiger partial charge in [0.25, 0.3) is 0 Å². The van der Waals surface area contributed by atoms with E-state index in [4.69, 9.17) is 4.98 Å². The lowest BCUT2D eigenvalue weighted by Gasteiger charge is -2.26. The Morgan fingerprint density at radius 3 is 2.62 bits per heavy atom. The number of imidazole rings is 1. The summed E-state index contributed by atoms with van der Waals surface area (Å²) in [6.07, 6.45) is 4.55. The van der Waals surface area contributed by atoms with Gasteiger partial charge in [-0.3, -0.25) is 0 Å². The minimum Gasteiger partial charge on any atom is -0.355 e. The Hall–Kier alpha value is -1.55. The van der Waals surface area contributed by atoms with Crippen molar-refractivity contribution in [3.05, 3.63) is 30.1 Å². The van der Waals surface area contributed by atoms with Gasteiger partial charge >= 0.3 is 0 Å². The smallest absolute Gasteiger partial charge is 0.152 e. The maximum Gasteiger partial charge on any atom is 0.152 e. The molecule has 0 aliphatic heterocycles. The molecule has 2 heterocycles. The van der Waals surface area contributed by atoms with Crippen LogP contribution >= 0.6 is 0 Å². The molecular weight excluding hydrogens is 260 g/mol. The van der Waals surface area contributed by atoms with Crippen molar-refractivity contribution >= 4 is 11.5 Å². The second-order valence-corrected chi connectivity index (χ2v) is 5.56. The van der Waals surface area contributed by atoms with Crippen molar-refractivity contribution in [1.82, 2.24) is 14.7 Å². The van der Waals surface area contributed by atoms with Gasteiger partial charge in [0.05, 0.1) is 5.69 Å². The molecule has 21 heavy (non-hydrogen) atoms. The van der Waals surface area contributed by atoms with Crippen LogP contribution in [-0.2, 0) is 6.54 Å². The number of pyridine rings is 1. The highest BCUT2D eigenvalue weighted by Gasteiger charge is 2.18. The van der Waals surface area contributed by atoms with Crippen LogP contribution in [0, 0.1) is 5.92 Å². The largest absolute Gasteiger partial charge is 0.355 e. The van der Waals surface area contributed by atoms with Crippen LogP contribution in [0.5, 0.6) is 0 Å². The molecule has 0 saturated carbocycles. The number of hydrogen-bond acceptors (Lipinski definition) is 3. The van der Waals surface area contributed by atoms with Crippen LogP contribution in [0.3, 0.4) is 0 Å². The van der Waals surface area contributed by atoms with E-state index < -0.39 is 0 Å². The monoisotopic (exact) mass is 288 g/mol. The van der Waals surface area contributed by atoms with Gasteiger partial charge in [-0.25, -0.2) is 4.98 Å². The summed E-state index contributed by atoms with van der Waals surface area (Å²) < 4.78 is 2.20. The first-order valence-corrected chi connectivity index (χ1v) is 8.10. The molecule has 0 unspecified atom stereocenters. The minimum absolute atomic E-state index is 0.734. The van der Waals surface area contributed by atoms with Crippen LogP contribution < -0.4 is 10.2 Å². The Bertz CT molecular complexity index is 557. The number of nitrogens with one attached hydrogen (secondary N) is 1. The van der Waals surface area contributed by atoms with Gasteiger partial charge in [-0.2, -0.15) is 0 Å². The van der Waals surface area contributed by atoms with Crippen molar-refractivity contribution in [2.45, 2.75) is 40.2 Å². The summed E-state index contributed by atoms with van der Waals surface area (Å²) >= 11 is 0. The molecule has 0 atom stereocenters. The van der Waals surface area contributed by atoms with Crippen LogP contribution in [0.4, 0.5) is 5.82 Å². The molecule has 0 aliphatic rings. The second-order valence-electron chi connectivity index (χ2n) is 5.56. The summed E-state index contributed by atoms with van der Waals surface area (Å²) in [6.45, 7) is 9.69. The molecule has 0 radical (unpaired) electrons. The number of hydrogen-bond donors (Lipinski definition) is 1. The maximum atomic E-state index is 4.87. The third kappa shape index (κ3) is 3.38. The highest BCUT2D eigenvalue weighted by molar-refractivity contribution is 5.56. The lowest BCUT2D eigenvalue weighted by molar-refractivity contribution is 0.484. The molecule has 4 heteroatoms. The van der Waals surface area contributed by atoms with Crippen LogP contribution in [0.1, 0.15) is 39.3 Å². The number of rotatable bonds is 8. The zero-order valence-corrected chi connectivity index (χ0v) is 13.8. The van der Waals surface area contributed by atoms with E-state index in [1.807, 2.05) is 13.1 Å². The van der Waals surface area contributed by atoms with Crippen LogP contribution in [0.25, 0.3) is 5.65 Å². The lowest BCUT2D eigenvalue weighted by atomic mass is 10.0. The molecule has 2 aromatic rings. The highest BCUT2D eigenvalue weighted by Crippen LogP contribution is 2.23. The molecule has 0 fully saturated rings. The quantitative estimate of drug-likeness (QED) is 0.809. The predicted octanol–water partition coefficient (Wildman–Crippen LogP) is 3.32. The lowest BCUT2D eigenvalue weighted by Crippen LogP contribution is -2.30. The molecule has 0 aromatic carbocycles. The predicted molar refractivity (Wildman–Crippen MR) is 89.9 cm³/mol. The van der Waals surface area contributed by atoms with Crippen LogP contribution in [-0.4, -0.2) is 29.5 Å². The fourth-order valence-corrected chi connectivity index (χ4v) is 2.84. The van der Waals surface area contributed by atoms with Crippen molar-refractivity contribution in [3.8, 4) is 0 Å². The van der Waals surface area contributed by atoms with Gasteiger partial charge in [0.1, 0.15) is 5.65 Å². The molecule has 0 bridgehead atoms. The topological polar surface area (TPSA) is 32.6 Å². The fraction of sp³-hybridized carbons (Fsp3) is 0.588. The van der Waals surface area contributed by atoms with Gasteiger partial charge in [-0.15, -0.1) is 0 Å². The first kappa shape index (κ1) is 15.8. The second kappa shape index (κ2) is 7.46. The third-order valence-corrected chi connectivity index (χ3v) is 4.27. The number of fused-ring (bicyclic) bond motifs is 1. The molecule has 0 spiro atoms. The summed E-state index contributed by atoms with van der Waals surface area (Å²) in [6, 6.07) is 6.19. The fourth-order valence-electron chi connectivity index (χ4n) is 2.84. The molecule has 2 aromatic heterocycles. The zero-order valence-electron chi connectivity index (χ0n) is 13.8. The number of aromatic nitrogens is 2. The molecule has 0 aliphatic carbocycles. The van der Waals surface area contributed by atoms with Crippen molar-refractivity contribution in [3.63, 3.8) is 0 Å². The van der Waals surface area contributed by atoms with Gasteiger partial charge in [0.2, 0.25) is 0 Å². The molecular formula is C17H28N4. The summed E-state index contributed by atoms with van der Waals surface area (Å²) in [4.78, 5) is 7.30. The van der Waals surface area contributed by atoms with Gasteiger partial charge in [-0.1, -0.05) is 32.8 Å². The van der Waals surface area contributed by atoms with E-state index in [0.29, 0.717) is 0 Å². The highest BCUT2D eigenvalue weighted by atomic mass is 15.2. The molecule has 2 rings (SSSR count). The van der Waals surface area contributed by atoms with E-state index >= 15 is 0 Å². The van der Waals surface area contributed by atoms with E-state index in [1.165, 1.54) is 18.5 Å². The Labute approximate surface area is 128 Å². The summed E-state index contributed by atoms with van der Waals surface area (Å²) in [5, 5.41) is 3.28. The molecule has 0 amide bonds. The van der Waals surface area contributed by atoms with Crippen LogP contribution in [0.2, 0.25) is 0 Å². The standard InChI is InChI=1S/C17H28N4/c1-5-14(6-2)13-20(7-3)17-15(12-18-4)21-11-9-8-10-16(21)19-17/h8-11,14,18H,5-7,12-13H2,1-4H3.